The number of hydrogen-bond donors (Lipinski definition) is 2. The summed E-state index contributed by atoms with van der Waals surface area (Å²) in [7, 11) is 4.83. The van der Waals surface area contributed by atoms with Gasteiger partial charge in [-0.3, -0.25) is 9.88 Å². The van der Waals surface area contributed by atoms with Crippen LogP contribution in [0.15, 0.2) is 85.4 Å². The van der Waals surface area contributed by atoms with Crippen LogP contribution in [0.4, 0.5) is 15.8 Å². The number of nitrogens with one attached hydrogen (secondary N) is 1. The minimum absolute atomic E-state index is 0.146. The molecule has 2 aromatic carbocycles. The number of hydrogen-bond acceptors (Lipinski definition) is 6. The second-order valence-electron chi connectivity index (χ2n) is 9.30. The number of piperidine rings is 1. The van der Waals surface area contributed by atoms with E-state index in [1.54, 1.807) is 13.3 Å². The minimum atomic E-state index is -0.318. The number of aliphatic hydroxyl groups excluding tert-OH is 1. The van der Waals surface area contributed by atoms with Gasteiger partial charge in [-0.15, -0.1) is 0 Å². The lowest BCUT2D eigenvalue weighted by Gasteiger charge is -2.50. The lowest BCUT2D eigenvalue weighted by atomic mass is 9.81. The number of anilines is 2. The predicted octanol–water partition coefficient (Wildman–Crippen LogP) is 7.52. The third-order valence-corrected chi connectivity index (χ3v) is 7.17. The van der Waals surface area contributed by atoms with E-state index in [1.165, 1.54) is 23.5 Å². The highest BCUT2D eigenvalue weighted by molar-refractivity contribution is 5.79. The first-order valence-corrected chi connectivity index (χ1v) is 14.4. The summed E-state index contributed by atoms with van der Waals surface area (Å²) in [6.07, 6.45) is 8.91. The zero-order valence-electron chi connectivity index (χ0n) is 25.7. The number of methoxy groups -OCH3 is 1. The van der Waals surface area contributed by atoms with Gasteiger partial charge in [0.05, 0.1) is 30.2 Å². The van der Waals surface area contributed by atoms with Crippen LogP contribution in [0.5, 0.6) is 5.75 Å². The molecule has 0 saturated carbocycles. The summed E-state index contributed by atoms with van der Waals surface area (Å²) in [6, 6.07) is 16.0. The first kappa shape index (κ1) is 33.5. The number of pyridine rings is 1. The van der Waals surface area contributed by atoms with Gasteiger partial charge in [0.15, 0.2) is 0 Å². The molecule has 0 aliphatic carbocycles. The smallest absolute Gasteiger partial charge is 0.142 e. The third kappa shape index (κ3) is 7.96. The molecule has 1 fully saturated rings. The number of rotatable bonds is 5. The maximum atomic E-state index is 13.5. The Hall–Kier alpha value is -3.68. The molecule has 2 aliphatic rings. The standard InChI is InChI=1S/C29H31FN4O.2C2H6.CH4O/c1-4-5-28-29(32-26-17-25(35-3)10-11-27(26)33(28)2)12-14-34(15-13-29)20-21-6-8-22(9-7-21)23-16-24(30)19-31-18-23;3*1-2/h4-11,16-19,32H,1,12-15,20H2,2-3H3;2*1-2H3;2H,1H3/b28-5-;;;. The average Bonchev–Trinajstić information content (AvgIpc) is 3.03. The van der Waals surface area contributed by atoms with Crippen molar-refractivity contribution in [3.8, 4) is 16.9 Å². The van der Waals surface area contributed by atoms with Crippen molar-refractivity contribution in [1.82, 2.24) is 9.88 Å². The quantitative estimate of drug-likeness (QED) is 0.335. The molecule has 41 heavy (non-hydrogen) atoms. The highest BCUT2D eigenvalue weighted by atomic mass is 19.1. The maximum absolute atomic E-state index is 13.5. The Bertz CT molecular complexity index is 1250. The summed E-state index contributed by atoms with van der Waals surface area (Å²) in [5, 5.41) is 10.9. The van der Waals surface area contributed by atoms with Gasteiger partial charge in [0, 0.05) is 57.3 Å². The summed E-state index contributed by atoms with van der Waals surface area (Å²) < 4.78 is 19.0. The Morgan fingerprint density at radius 3 is 2.24 bits per heavy atom. The molecule has 0 amide bonds. The van der Waals surface area contributed by atoms with Crippen LogP contribution in [0, 0.1) is 5.82 Å². The zero-order chi connectivity index (χ0) is 30.4. The first-order chi connectivity index (χ1) is 20.0. The van der Waals surface area contributed by atoms with Crippen molar-refractivity contribution in [2.24, 2.45) is 0 Å². The van der Waals surface area contributed by atoms with E-state index in [0.29, 0.717) is 0 Å². The topological polar surface area (TPSA) is 60.9 Å². The largest absolute Gasteiger partial charge is 0.497 e. The van der Waals surface area contributed by atoms with Gasteiger partial charge in [-0.1, -0.05) is 64.6 Å². The predicted molar refractivity (Wildman–Crippen MR) is 171 cm³/mol. The van der Waals surface area contributed by atoms with E-state index >= 15 is 0 Å². The summed E-state index contributed by atoms with van der Waals surface area (Å²) in [5.41, 5.74) is 6.36. The Morgan fingerprint density at radius 2 is 1.66 bits per heavy atom. The van der Waals surface area contributed by atoms with Gasteiger partial charge in [0.25, 0.3) is 0 Å². The second-order valence-corrected chi connectivity index (χ2v) is 9.30. The molecule has 222 valence electrons. The Balaban J connectivity index is 0.000000921. The Morgan fingerprint density at radius 1 is 1.00 bits per heavy atom. The molecule has 0 atom stereocenters. The summed E-state index contributed by atoms with van der Waals surface area (Å²) >= 11 is 0. The van der Waals surface area contributed by atoms with E-state index in [9.17, 15) is 4.39 Å². The summed E-state index contributed by atoms with van der Waals surface area (Å²) in [6.45, 7) is 14.8. The molecule has 5 rings (SSSR count). The van der Waals surface area contributed by atoms with Crippen molar-refractivity contribution < 1.29 is 14.2 Å². The number of halogens is 1. The van der Waals surface area contributed by atoms with Crippen LogP contribution in [0.25, 0.3) is 11.1 Å². The van der Waals surface area contributed by atoms with Crippen LogP contribution in [-0.4, -0.2) is 54.9 Å². The molecule has 7 heteroatoms. The number of likely N-dealkylation sites (N-methyl/N-ethyl adjacent to an activating group) is 1. The monoisotopic (exact) mass is 562 g/mol. The zero-order valence-corrected chi connectivity index (χ0v) is 25.7. The SMILES string of the molecule is C=C/C=C1\N(C)c2ccc(OC)cc2NC12CCN(Cc1ccc(-c3cncc(F)c3)cc1)CC2.CC.CC.CO. The Labute approximate surface area is 246 Å². The van der Waals surface area contributed by atoms with Crippen LogP contribution >= 0.6 is 0 Å². The van der Waals surface area contributed by atoms with Crippen LogP contribution in [0.1, 0.15) is 46.1 Å². The normalized spacial score (nSPS) is 16.0. The lowest BCUT2D eigenvalue weighted by molar-refractivity contribution is 0.180. The number of aromatic nitrogens is 1. The average molecular weight is 563 g/mol. The lowest BCUT2D eigenvalue weighted by Crippen LogP contribution is -2.55. The number of nitrogens with zero attached hydrogens (tertiary/aromatic N) is 3. The summed E-state index contributed by atoms with van der Waals surface area (Å²) in [4.78, 5) is 8.73. The molecule has 2 N–H and O–H groups in total. The third-order valence-electron chi connectivity index (χ3n) is 7.17. The highest BCUT2D eigenvalue weighted by Gasteiger charge is 2.43. The van der Waals surface area contributed by atoms with Gasteiger partial charge < -0.3 is 20.1 Å². The van der Waals surface area contributed by atoms with Crippen LogP contribution in [-0.2, 0) is 6.54 Å². The van der Waals surface area contributed by atoms with Crippen molar-refractivity contribution in [1.29, 1.82) is 0 Å². The minimum Gasteiger partial charge on any atom is -0.497 e. The number of likely N-dealkylation sites (tertiary alicyclic amines) is 1. The Kier molecular flexibility index (Phi) is 13.5. The van der Waals surface area contributed by atoms with Gasteiger partial charge in [0.2, 0.25) is 0 Å². The van der Waals surface area contributed by atoms with Crippen molar-refractivity contribution in [2.45, 2.75) is 52.6 Å². The number of allylic oxidation sites excluding steroid dienone is 2. The van der Waals surface area contributed by atoms with Gasteiger partial charge in [0.1, 0.15) is 11.6 Å². The van der Waals surface area contributed by atoms with Gasteiger partial charge >= 0.3 is 0 Å². The van der Waals surface area contributed by atoms with Crippen molar-refractivity contribution in [2.75, 3.05) is 44.6 Å². The van der Waals surface area contributed by atoms with E-state index in [1.807, 2.05) is 52.0 Å². The van der Waals surface area contributed by atoms with Crippen LogP contribution < -0.4 is 15.0 Å². The first-order valence-electron chi connectivity index (χ1n) is 14.4. The van der Waals surface area contributed by atoms with E-state index < -0.39 is 0 Å². The van der Waals surface area contributed by atoms with Gasteiger partial charge in [-0.05, 0) is 48.2 Å². The van der Waals surface area contributed by atoms with E-state index in [2.05, 4.69) is 64.1 Å². The number of ether oxygens (including phenoxy) is 1. The highest BCUT2D eigenvalue weighted by Crippen LogP contribution is 2.45. The molecule has 0 radical (unpaired) electrons. The van der Waals surface area contributed by atoms with E-state index in [4.69, 9.17) is 9.84 Å². The molecule has 1 spiro atoms. The fraction of sp³-hybridized carbons (Fsp3) is 0.382. The van der Waals surface area contributed by atoms with Gasteiger partial charge in [-0.25, -0.2) is 4.39 Å². The molecule has 3 aromatic rings. The fourth-order valence-corrected chi connectivity index (χ4v) is 5.29. The van der Waals surface area contributed by atoms with E-state index in [0.717, 1.165) is 67.8 Å². The van der Waals surface area contributed by atoms with Gasteiger partial charge in [-0.2, -0.15) is 0 Å². The molecule has 0 unspecified atom stereocenters. The van der Waals surface area contributed by atoms with Crippen LogP contribution in [0.2, 0.25) is 0 Å². The molecule has 1 saturated heterocycles. The number of benzene rings is 2. The molecule has 1 aromatic heterocycles. The molecule has 6 nitrogen and oxygen atoms in total. The molecular weight excluding hydrogens is 515 g/mol. The maximum Gasteiger partial charge on any atom is 0.142 e. The second kappa shape index (κ2) is 16.6. The number of aliphatic hydroxyl groups is 1. The molecular formula is C34H47FN4O2. The summed E-state index contributed by atoms with van der Waals surface area (Å²) in [5.74, 6) is 0.535. The molecule has 3 heterocycles. The van der Waals surface area contributed by atoms with Crippen molar-refractivity contribution in [3.05, 3.63) is 96.7 Å². The molecule has 2 aliphatic heterocycles. The van der Waals surface area contributed by atoms with Crippen molar-refractivity contribution in [3.63, 3.8) is 0 Å². The van der Waals surface area contributed by atoms with Crippen LogP contribution in [0.3, 0.4) is 0 Å². The number of fused-ring (bicyclic) bond motifs is 1. The van der Waals surface area contributed by atoms with Crippen molar-refractivity contribution >= 4 is 11.4 Å². The fourth-order valence-electron chi connectivity index (χ4n) is 5.29. The molecule has 0 bridgehead atoms. The van der Waals surface area contributed by atoms with E-state index in [-0.39, 0.29) is 11.4 Å².